The molecule has 0 N–H and O–H groups in total. The van der Waals surface area contributed by atoms with E-state index in [2.05, 4.69) is 229 Å². The number of hydrogen-bond donors (Lipinski definition) is 0. The molecule has 10 aromatic carbocycles. The molecular weight excluding hydrogens is 755 g/mol. The second-order valence-electron chi connectivity index (χ2n) is 16.3. The van der Waals surface area contributed by atoms with E-state index in [0.29, 0.717) is 0 Å². The average molecular weight is 792 g/mol. The third-order valence-corrected chi connectivity index (χ3v) is 14.5. The average Bonchev–Trinajstić information content (AvgIpc) is 3.97. The van der Waals surface area contributed by atoms with Crippen molar-refractivity contribution in [3.8, 4) is 44.5 Å². The Morgan fingerprint density at radius 3 is 1.56 bits per heavy atom. The maximum atomic E-state index is 2.43. The first kappa shape index (κ1) is 34.4. The molecule has 1 aromatic heterocycles. The number of hydrogen-bond acceptors (Lipinski definition) is 2. The van der Waals surface area contributed by atoms with Crippen LogP contribution in [0.2, 0.25) is 0 Å². The van der Waals surface area contributed by atoms with E-state index in [9.17, 15) is 0 Å². The lowest BCUT2D eigenvalue weighted by Crippen LogP contribution is -2.25. The van der Waals surface area contributed by atoms with Gasteiger partial charge in [-0.2, -0.15) is 0 Å². The maximum absolute atomic E-state index is 2.43. The van der Waals surface area contributed by atoms with Crippen molar-refractivity contribution in [3.05, 3.63) is 247 Å². The summed E-state index contributed by atoms with van der Waals surface area (Å²) >= 11 is 1.89. The van der Waals surface area contributed by atoms with E-state index in [4.69, 9.17) is 0 Å². The molecule has 1 heterocycles. The molecule has 11 aromatic rings. The molecule has 284 valence electrons. The highest BCUT2D eigenvalue weighted by atomic mass is 32.1. The first-order valence-corrected chi connectivity index (χ1v) is 21.9. The molecular formula is C59H37NS. The van der Waals surface area contributed by atoms with Gasteiger partial charge in [0.25, 0.3) is 0 Å². The number of para-hydroxylation sites is 1. The number of anilines is 3. The number of rotatable bonds is 5. The predicted octanol–water partition coefficient (Wildman–Crippen LogP) is 16.4. The monoisotopic (exact) mass is 791 g/mol. The van der Waals surface area contributed by atoms with Gasteiger partial charge in [-0.3, -0.25) is 0 Å². The molecule has 0 radical (unpaired) electrons. The standard InChI is InChI=1S/C59H37NS/c1-2-17-39(18-3-1)60(55-37-50-46-24-11-15-32-56(46)61-58(50)48-25-7-6-23-45(48)55)40-35-33-38(34-36-40)41-19-4-5-20-42(41)47-27-16-31-54-57(47)49-26-10-14-30-53(49)59(54)51-28-12-8-21-43(51)44-22-9-13-29-52(44)59/h1-37H. The van der Waals surface area contributed by atoms with Gasteiger partial charge in [0.2, 0.25) is 0 Å². The molecule has 0 saturated heterocycles. The van der Waals surface area contributed by atoms with Crippen LogP contribution in [-0.4, -0.2) is 0 Å². The van der Waals surface area contributed by atoms with Gasteiger partial charge in [0.15, 0.2) is 0 Å². The van der Waals surface area contributed by atoms with Crippen LogP contribution in [0.1, 0.15) is 22.3 Å². The van der Waals surface area contributed by atoms with Crippen LogP contribution in [0.25, 0.3) is 75.5 Å². The van der Waals surface area contributed by atoms with Crippen molar-refractivity contribution in [1.82, 2.24) is 0 Å². The zero-order valence-electron chi connectivity index (χ0n) is 33.2. The summed E-state index contributed by atoms with van der Waals surface area (Å²) in [7, 11) is 0. The topological polar surface area (TPSA) is 3.24 Å². The molecule has 0 saturated carbocycles. The smallest absolute Gasteiger partial charge is 0.0725 e. The minimum Gasteiger partial charge on any atom is -0.310 e. The summed E-state index contributed by atoms with van der Waals surface area (Å²) in [6, 6.07) is 83.3. The van der Waals surface area contributed by atoms with Gasteiger partial charge < -0.3 is 4.90 Å². The third-order valence-electron chi connectivity index (χ3n) is 13.3. The van der Waals surface area contributed by atoms with Gasteiger partial charge in [-0.05, 0) is 103 Å². The van der Waals surface area contributed by atoms with Crippen molar-refractivity contribution >= 4 is 59.3 Å². The van der Waals surface area contributed by atoms with Crippen LogP contribution in [0.15, 0.2) is 224 Å². The largest absolute Gasteiger partial charge is 0.310 e. The van der Waals surface area contributed by atoms with E-state index in [-0.39, 0.29) is 5.41 Å². The van der Waals surface area contributed by atoms with Crippen LogP contribution in [0.5, 0.6) is 0 Å². The molecule has 0 bridgehead atoms. The summed E-state index contributed by atoms with van der Waals surface area (Å²) in [4.78, 5) is 2.43. The molecule has 61 heavy (non-hydrogen) atoms. The van der Waals surface area contributed by atoms with E-state index in [0.717, 1.165) is 11.4 Å². The fraction of sp³-hybridized carbons (Fsp3) is 0.0169. The Hall–Kier alpha value is -7.52. The van der Waals surface area contributed by atoms with Crippen molar-refractivity contribution in [3.63, 3.8) is 0 Å². The third kappa shape index (κ3) is 4.83. The summed E-state index contributed by atoms with van der Waals surface area (Å²) in [5.41, 5.74) is 18.7. The van der Waals surface area contributed by atoms with Crippen LogP contribution in [0.3, 0.4) is 0 Å². The van der Waals surface area contributed by atoms with Gasteiger partial charge in [-0.1, -0.05) is 188 Å². The van der Waals surface area contributed by atoms with Gasteiger partial charge in [-0.15, -0.1) is 11.3 Å². The maximum Gasteiger partial charge on any atom is 0.0725 e. The number of fused-ring (bicyclic) bond motifs is 15. The summed E-state index contributed by atoms with van der Waals surface area (Å²) in [5, 5.41) is 5.12. The van der Waals surface area contributed by atoms with Crippen molar-refractivity contribution in [2.75, 3.05) is 4.90 Å². The normalized spacial score (nSPS) is 13.0. The zero-order valence-corrected chi connectivity index (χ0v) is 34.0. The highest BCUT2D eigenvalue weighted by molar-refractivity contribution is 7.26. The van der Waals surface area contributed by atoms with E-state index in [1.165, 1.54) is 103 Å². The number of thiophene rings is 1. The van der Waals surface area contributed by atoms with E-state index >= 15 is 0 Å². The van der Waals surface area contributed by atoms with Crippen molar-refractivity contribution < 1.29 is 0 Å². The van der Waals surface area contributed by atoms with Gasteiger partial charge >= 0.3 is 0 Å². The zero-order chi connectivity index (χ0) is 40.1. The molecule has 1 nitrogen and oxygen atoms in total. The molecule has 0 unspecified atom stereocenters. The molecule has 2 heteroatoms. The molecule has 0 fully saturated rings. The fourth-order valence-corrected chi connectivity index (χ4v) is 12.1. The van der Waals surface area contributed by atoms with E-state index in [1.54, 1.807) is 0 Å². The molecule has 0 amide bonds. The Morgan fingerprint density at radius 2 is 0.836 bits per heavy atom. The second-order valence-corrected chi connectivity index (χ2v) is 17.3. The minimum atomic E-state index is -0.380. The molecule has 0 aliphatic heterocycles. The second kappa shape index (κ2) is 13.2. The lowest BCUT2D eigenvalue weighted by Gasteiger charge is -2.30. The van der Waals surface area contributed by atoms with Crippen LogP contribution in [0.4, 0.5) is 17.1 Å². The molecule has 0 atom stereocenters. The van der Waals surface area contributed by atoms with Crippen LogP contribution < -0.4 is 4.90 Å². The van der Waals surface area contributed by atoms with Gasteiger partial charge in [0.05, 0.1) is 11.1 Å². The fourth-order valence-electron chi connectivity index (χ4n) is 10.8. The van der Waals surface area contributed by atoms with Crippen molar-refractivity contribution in [1.29, 1.82) is 0 Å². The quantitative estimate of drug-likeness (QED) is 0.168. The van der Waals surface area contributed by atoms with Crippen molar-refractivity contribution in [2.45, 2.75) is 5.41 Å². The SMILES string of the molecule is c1ccc(N(c2ccc(-c3ccccc3-c3cccc4c3-c3ccccc3C43c4ccccc4-c4ccccc43)cc2)c2cc3c4ccccc4sc3c3ccccc23)cc1. The summed E-state index contributed by atoms with van der Waals surface area (Å²) < 4.78 is 2.65. The van der Waals surface area contributed by atoms with Gasteiger partial charge in [-0.25, -0.2) is 0 Å². The van der Waals surface area contributed by atoms with Crippen LogP contribution in [0, 0.1) is 0 Å². The molecule has 2 aliphatic carbocycles. The predicted molar refractivity (Wildman–Crippen MR) is 259 cm³/mol. The lowest BCUT2D eigenvalue weighted by atomic mass is 9.70. The highest BCUT2D eigenvalue weighted by Crippen LogP contribution is 2.64. The Labute approximate surface area is 359 Å². The minimum absolute atomic E-state index is 0.380. The Kier molecular flexibility index (Phi) is 7.46. The van der Waals surface area contributed by atoms with Gasteiger partial charge in [0, 0.05) is 42.3 Å². The van der Waals surface area contributed by atoms with Crippen molar-refractivity contribution in [2.24, 2.45) is 0 Å². The van der Waals surface area contributed by atoms with E-state index in [1.807, 2.05) is 11.3 Å². The van der Waals surface area contributed by atoms with Crippen LogP contribution >= 0.6 is 11.3 Å². The van der Waals surface area contributed by atoms with E-state index < -0.39 is 0 Å². The molecule has 2 aliphatic rings. The summed E-state index contributed by atoms with van der Waals surface area (Å²) in [5.74, 6) is 0. The summed E-state index contributed by atoms with van der Waals surface area (Å²) in [6.45, 7) is 0. The first-order valence-electron chi connectivity index (χ1n) is 21.1. The Morgan fingerprint density at radius 1 is 0.328 bits per heavy atom. The molecule has 13 rings (SSSR count). The lowest BCUT2D eigenvalue weighted by molar-refractivity contribution is 0.794. The molecule has 1 spiro atoms. The summed E-state index contributed by atoms with van der Waals surface area (Å²) in [6.07, 6.45) is 0. The first-order chi connectivity index (χ1) is 30.3. The highest BCUT2D eigenvalue weighted by Gasteiger charge is 2.52. The van der Waals surface area contributed by atoms with Gasteiger partial charge in [0.1, 0.15) is 0 Å². The number of benzene rings is 10. The Balaban J connectivity index is 0.981. The Bertz CT molecular complexity index is 3490. The van der Waals surface area contributed by atoms with Crippen LogP contribution in [-0.2, 0) is 5.41 Å². The number of nitrogens with zero attached hydrogens (tertiary/aromatic N) is 1.